The lowest BCUT2D eigenvalue weighted by Crippen LogP contribution is -2.11. The van der Waals surface area contributed by atoms with Crippen LogP contribution < -0.4 is 18.9 Å². The summed E-state index contributed by atoms with van der Waals surface area (Å²) in [5, 5.41) is 9.15. The van der Waals surface area contributed by atoms with Crippen molar-refractivity contribution in [3.05, 3.63) is 23.2 Å². The fourth-order valence-corrected chi connectivity index (χ4v) is 2.97. The van der Waals surface area contributed by atoms with E-state index in [-0.39, 0.29) is 23.5 Å². The molecule has 2 N–H and O–H groups in total. The molecule has 3 rings (SSSR count). The van der Waals surface area contributed by atoms with Crippen LogP contribution in [-0.4, -0.2) is 47.4 Å². The van der Waals surface area contributed by atoms with Gasteiger partial charge in [-0.3, -0.25) is 9.82 Å². The molecule has 27 heavy (non-hydrogen) atoms. The topological polar surface area (TPSA) is 94.2 Å². The van der Waals surface area contributed by atoms with E-state index >= 15 is 0 Å². The molecule has 0 saturated carbocycles. The van der Waals surface area contributed by atoms with E-state index in [1.165, 1.54) is 14.2 Å². The molecule has 2 heterocycles. The summed E-state index contributed by atoms with van der Waals surface area (Å²) >= 11 is 7.10. The molecular weight excluding hydrogens is 404 g/mol. The quantitative estimate of drug-likeness (QED) is 0.535. The van der Waals surface area contributed by atoms with Gasteiger partial charge in [-0.25, -0.2) is 8.78 Å². The van der Waals surface area contributed by atoms with Crippen molar-refractivity contribution in [3.63, 3.8) is 0 Å². The lowest BCUT2D eigenvalue weighted by molar-refractivity contribution is 0.0781. The Morgan fingerprint density at radius 1 is 1.22 bits per heavy atom. The van der Waals surface area contributed by atoms with Crippen LogP contribution in [0.1, 0.15) is 0 Å². The summed E-state index contributed by atoms with van der Waals surface area (Å²) in [5.41, 5.74) is 0.777. The summed E-state index contributed by atoms with van der Waals surface area (Å²) in [6, 6.07) is 5.33. The molecule has 0 atom stereocenters. The number of hydrogen-bond donors (Lipinski definition) is 2. The number of nitrogens with zero attached hydrogens (tertiary/aromatic N) is 3. The van der Waals surface area contributed by atoms with Crippen molar-refractivity contribution in [2.24, 2.45) is 0 Å². The Bertz CT molecular complexity index is 918. The molecule has 3 aromatic rings. The maximum Gasteiger partial charge on any atom is 0.272 e. The lowest BCUT2D eigenvalue weighted by atomic mass is 10.3. The summed E-state index contributed by atoms with van der Waals surface area (Å²) in [6.07, 6.45) is -2.66. The first-order valence-electron chi connectivity index (χ1n) is 7.49. The molecule has 1 aromatic carbocycles. The number of nitrogens with one attached hydrogen (secondary N) is 2. The Balaban J connectivity index is 1.81. The number of aromatic nitrogens is 4. The van der Waals surface area contributed by atoms with Gasteiger partial charge >= 0.3 is 0 Å². The van der Waals surface area contributed by atoms with Crippen LogP contribution in [0, 0.1) is 0 Å². The molecule has 0 aliphatic carbocycles. The first-order chi connectivity index (χ1) is 13.0. The SMILES string of the molecule is COc1nc(NSc2n[nH]c3cc(Cl)ccc23)nc(OC)c1OCC(F)F. The Morgan fingerprint density at radius 2 is 1.93 bits per heavy atom. The Hall–Kier alpha value is -2.53. The number of H-pyrrole nitrogens is 1. The van der Waals surface area contributed by atoms with Gasteiger partial charge in [0.05, 0.1) is 19.7 Å². The van der Waals surface area contributed by atoms with Crippen LogP contribution in [0.3, 0.4) is 0 Å². The molecule has 144 valence electrons. The number of alkyl halides is 2. The number of halogens is 3. The standard InChI is InChI=1S/C15H14ClF2N5O3S/c1-24-12-11(26-6-10(17)18)13(25-2)20-15(19-12)23-27-14-8-4-3-7(16)5-9(8)21-22-14/h3-5,10H,6H2,1-2H3,(H,21,22)(H,19,20,23). The molecule has 0 spiro atoms. The zero-order chi connectivity index (χ0) is 19.4. The Kier molecular flexibility index (Phi) is 6.01. The van der Waals surface area contributed by atoms with Gasteiger partial charge in [-0.1, -0.05) is 11.6 Å². The van der Waals surface area contributed by atoms with Crippen molar-refractivity contribution in [2.75, 3.05) is 25.5 Å². The van der Waals surface area contributed by atoms with Gasteiger partial charge in [0.15, 0.2) is 0 Å². The summed E-state index contributed by atoms with van der Waals surface area (Å²) in [6.45, 7) is -0.834. The van der Waals surface area contributed by atoms with E-state index < -0.39 is 13.0 Å². The summed E-state index contributed by atoms with van der Waals surface area (Å²) in [4.78, 5) is 8.19. The Labute approximate surface area is 161 Å². The van der Waals surface area contributed by atoms with Gasteiger partial charge < -0.3 is 14.2 Å². The molecule has 0 fully saturated rings. The van der Waals surface area contributed by atoms with E-state index in [0.717, 1.165) is 22.9 Å². The predicted octanol–water partition coefficient (Wildman–Crippen LogP) is 3.79. The van der Waals surface area contributed by atoms with E-state index in [4.69, 9.17) is 25.8 Å². The summed E-state index contributed by atoms with van der Waals surface area (Å²) in [5.74, 6) is -0.0487. The third-order valence-electron chi connectivity index (χ3n) is 3.27. The average molecular weight is 418 g/mol. The highest BCUT2D eigenvalue weighted by Gasteiger charge is 2.20. The van der Waals surface area contributed by atoms with Crippen molar-refractivity contribution < 1.29 is 23.0 Å². The molecule has 0 amide bonds. The van der Waals surface area contributed by atoms with Crippen LogP contribution >= 0.6 is 23.5 Å². The molecule has 0 unspecified atom stereocenters. The van der Waals surface area contributed by atoms with Crippen molar-refractivity contribution in [1.82, 2.24) is 20.2 Å². The summed E-state index contributed by atoms with van der Waals surface area (Å²) < 4.78 is 42.9. The smallest absolute Gasteiger partial charge is 0.272 e. The molecule has 2 aromatic heterocycles. The minimum atomic E-state index is -2.66. The van der Waals surface area contributed by atoms with Gasteiger partial charge in [-0.2, -0.15) is 15.1 Å². The highest BCUT2D eigenvalue weighted by Crippen LogP contribution is 2.36. The molecule has 0 radical (unpaired) electrons. The van der Waals surface area contributed by atoms with E-state index in [2.05, 4.69) is 24.9 Å². The fraction of sp³-hybridized carbons (Fsp3) is 0.267. The van der Waals surface area contributed by atoms with Gasteiger partial charge in [0.2, 0.25) is 11.7 Å². The van der Waals surface area contributed by atoms with Crippen LogP contribution in [0.15, 0.2) is 23.2 Å². The third kappa shape index (κ3) is 4.42. The molecule has 12 heteroatoms. The third-order valence-corrected chi connectivity index (χ3v) is 4.30. The van der Waals surface area contributed by atoms with Gasteiger partial charge in [-0.15, -0.1) is 0 Å². The summed E-state index contributed by atoms with van der Waals surface area (Å²) in [7, 11) is 2.66. The second-order valence-corrected chi connectivity index (χ2v) is 6.25. The predicted molar refractivity (Wildman–Crippen MR) is 97.2 cm³/mol. The number of hydrogen-bond acceptors (Lipinski definition) is 8. The molecule has 0 aliphatic rings. The van der Waals surface area contributed by atoms with Crippen LogP contribution in [0.25, 0.3) is 10.9 Å². The van der Waals surface area contributed by atoms with Crippen molar-refractivity contribution in [2.45, 2.75) is 11.5 Å². The van der Waals surface area contributed by atoms with Crippen molar-refractivity contribution >= 4 is 40.4 Å². The maximum atomic E-state index is 12.4. The molecular formula is C15H14ClF2N5O3S. The van der Waals surface area contributed by atoms with Gasteiger partial charge in [-0.05, 0) is 18.2 Å². The number of ether oxygens (including phenoxy) is 3. The minimum Gasteiger partial charge on any atom is -0.478 e. The van der Waals surface area contributed by atoms with E-state index in [1.54, 1.807) is 12.1 Å². The van der Waals surface area contributed by atoms with Crippen LogP contribution in [0.4, 0.5) is 14.7 Å². The van der Waals surface area contributed by atoms with Crippen molar-refractivity contribution in [3.8, 4) is 17.5 Å². The second-order valence-electron chi connectivity index (χ2n) is 5.02. The molecule has 0 bridgehead atoms. The Morgan fingerprint density at radius 3 is 2.56 bits per heavy atom. The number of benzene rings is 1. The minimum absolute atomic E-state index is 0.0377. The number of rotatable bonds is 8. The van der Waals surface area contributed by atoms with Crippen LogP contribution in [0.5, 0.6) is 17.5 Å². The molecule has 0 aliphatic heterocycles. The average Bonchev–Trinajstić information content (AvgIpc) is 3.06. The monoisotopic (exact) mass is 417 g/mol. The van der Waals surface area contributed by atoms with Gasteiger partial charge in [0.25, 0.3) is 18.2 Å². The largest absolute Gasteiger partial charge is 0.478 e. The highest BCUT2D eigenvalue weighted by molar-refractivity contribution is 8.00. The van der Waals surface area contributed by atoms with E-state index in [9.17, 15) is 8.78 Å². The first-order valence-corrected chi connectivity index (χ1v) is 8.68. The number of fused-ring (bicyclic) bond motifs is 1. The van der Waals surface area contributed by atoms with Gasteiger partial charge in [0, 0.05) is 22.4 Å². The number of anilines is 1. The number of methoxy groups -OCH3 is 2. The number of aromatic amines is 1. The second kappa shape index (κ2) is 8.44. The fourth-order valence-electron chi connectivity index (χ4n) is 2.14. The normalized spacial score (nSPS) is 11.0. The zero-order valence-electron chi connectivity index (χ0n) is 14.1. The lowest BCUT2D eigenvalue weighted by Gasteiger charge is -2.13. The van der Waals surface area contributed by atoms with Crippen LogP contribution in [-0.2, 0) is 0 Å². The molecule has 0 saturated heterocycles. The zero-order valence-corrected chi connectivity index (χ0v) is 15.7. The van der Waals surface area contributed by atoms with Gasteiger partial charge in [0.1, 0.15) is 11.6 Å². The highest BCUT2D eigenvalue weighted by atomic mass is 35.5. The van der Waals surface area contributed by atoms with E-state index in [0.29, 0.717) is 10.0 Å². The maximum absolute atomic E-state index is 12.4. The first kappa shape index (κ1) is 19.2. The molecule has 8 nitrogen and oxygen atoms in total. The van der Waals surface area contributed by atoms with E-state index in [1.807, 2.05) is 6.07 Å². The van der Waals surface area contributed by atoms with Crippen LogP contribution in [0.2, 0.25) is 5.02 Å². The van der Waals surface area contributed by atoms with Crippen molar-refractivity contribution in [1.29, 1.82) is 0 Å².